The summed E-state index contributed by atoms with van der Waals surface area (Å²) in [4.78, 5) is 19.1. The molecule has 2 N–H and O–H groups in total. The van der Waals surface area contributed by atoms with Crippen LogP contribution >= 0.6 is 0 Å². The zero-order valence-corrected chi connectivity index (χ0v) is 14.0. The Bertz CT molecular complexity index is 971. The van der Waals surface area contributed by atoms with Gasteiger partial charge in [0.15, 0.2) is 5.65 Å². The summed E-state index contributed by atoms with van der Waals surface area (Å²) < 4.78 is 28.3. The Morgan fingerprint density at radius 1 is 1.32 bits per heavy atom. The minimum atomic E-state index is -2.91. The van der Waals surface area contributed by atoms with Gasteiger partial charge < -0.3 is 10.1 Å². The SMILES string of the molecule is Cc1nc2c(c(CO)nn2[C@@H](C)c2ccc(C(C)(F)F)cc2)c(=O)[nH]1. The summed E-state index contributed by atoms with van der Waals surface area (Å²) in [5.74, 6) is -2.48. The van der Waals surface area contributed by atoms with Crippen LogP contribution in [0.1, 0.15) is 42.5 Å². The molecule has 0 bridgehead atoms. The fourth-order valence-electron chi connectivity index (χ4n) is 2.80. The Morgan fingerprint density at radius 3 is 2.52 bits per heavy atom. The van der Waals surface area contributed by atoms with Gasteiger partial charge in [-0.05, 0) is 19.4 Å². The first kappa shape index (κ1) is 17.2. The van der Waals surface area contributed by atoms with Crippen LogP contribution in [0.3, 0.4) is 0 Å². The molecular formula is C17H18F2N4O2. The highest BCUT2D eigenvalue weighted by Gasteiger charge is 2.25. The second-order valence-corrected chi connectivity index (χ2v) is 6.09. The maximum absolute atomic E-state index is 13.4. The Labute approximate surface area is 142 Å². The zero-order chi connectivity index (χ0) is 18.4. The van der Waals surface area contributed by atoms with E-state index < -0.39 is 12.5 Å². The van der Waals surface area contributed by atoms with Crippen LogP contribution in [0.4, 0.5) is 8.78 Å². The van der Waals surface area contributed by atoms with Gasteiger partial charge in [0.25, 0.3) is 11.5 Å². The fourth-order valence-corrected chi connectivity index (χ4v) is 2.80. The van der Waals surface area contributed by atoms with Crippen molar-refractivity contribution in [3.63, 3.8) is 0 Å². The van der Waals surface area contributed by atoms with E-state index in [-0.39, 0.29) is 28.2 Å². The van der Waals surface area contributed by atoms with E-state index in [1.807, 2.05) is 6.92 Å². The van der Waals surface area contributed by atoms with Crippen LogP contribution in [0, 0.1) is 6.92 Å². The predicted molar refractivity (Wildman–Crippen MR) is 88.6 cm³/mol. The minimum absolute atomic E-state index is 0.0739. The quantitative estimate of drug-likeness (QED) is 0.759. The molecule has 132 valence electrons. The number of hydrogen-bond acceptors (Lipinski definition) is 4. The van der Waals surface area contributed by atoms with E-state index in [1.54, 1.807) is 19.1 Å². The molecule has 0 radical (unpaired) electrons. The summed E-state index contributed by atoms with van der Waals surface area (Å²) in [6, 6.07) is 5.59. The van der Waals surface area contributed by atoms with Crippen LogP contribution in [0.2, 0.25) is 0 Å². The monoisotopic (exact) mass is 348 g/mol. The van der Waals surface area contributed by atoms with Crippen molar-refractivity contribution >= 4 is 11.0 Å². The number of aromatic nitrogens is 4. The molecule has 0 amide bonds. The van der Waals surface area contributed by atoms with E-state index in [9.17, 15) is 18.7 Å². The van der Waals surface area contributed by atoms with Crippen LogP contribution < -0.4 is 5.56 Å². The van der Waals surface area contributed by atoms with Gasteiger partial charge in [0, 0.05) is 12.5 Å². The van der Waals surface area contributed by atoms with Crippen molar-refractivity contribution < 1.29 is 13.9 Å². The Kier molecular flexibility index (Phi) is 4.16. The molecule has 0 aliphatic rings. The summed E-state index contributed by atoms with van der Waals surface area (Å²) in [6.45, 7) is 3.93. The van der Waals surface area contributed by atoms with E-state index in [4.69, 9.17) is 0 Å². The number of nitrogens with one attached hydrogen (secondary N) is 1. The molecule has 0 fully saturated rings. The highest BCUT2D eigenvalue weighted by molar-refractivity contribution is 5.77. The first-order valence-electron chi connectivity index (χ1n) is 7.79. The van der Waals surface area contributed by atoms with Crippen molar-refractivity contribution in [1.29, 1.82) is 0 Å². The number of H-pyrrole nitrogens is 1. The van der Waals surface area contributed by atoms with Gasteiger partial charge in [-0.1, -0.05) is 24.3 Å². The third-order valence-electron chi connectivity index (χ3n) is 4.17. The molecule has 8 heteroatoms. The molecule has 2 heterocycles. The van der Waals surface area contributed by atoms with Crippen LogP contribution in [0.5, 0.6) is 0 Å². The van der Waals surface area contributed by atoms with E-state index in [0.29, 0.717) is 11.5 Å². The predicted octanol–water partition coefficient (Wildman–Crippen LogP) is 2.64. The zero-order valence-electron chi connectivity index (χ0n) is 14.0. The molecule has 3 rings (SSSR count). The number of aromatic amines is 1. The lowest BCUT2D eigenvalue weighted by molar-refractivity contribution is 0.0174. The summed E-state index contributed by atoms with van der Waals surface area (Å²) in [7, 11) is 0. The second-order valence-electron chi connectivity index (χ2n) is 6.09. The normalized spacial score (nSPS) is 13.4. The molecular weight excluding hydrogens is 330 g/mol. The third-order valence-corrected chi connectivity index (χ3v) is 4.17. The fraction of sp³-hybridized carbons (Fsp3) is 0.353. The van der Waals surface area contributed by atoms with Gasteiger partial charge in [0.05, 0.1) is 12.6 Å². The van der Waals surface area contributed by atoms with Gasteiger partial charge in [-0.15, -0.1) is 0 Å². The van der Waals surface area contributed by atoms with E-state index >= 15 is 0 Å². The van der Waals surface area contributed by atoms with Crippen LogP contribution in [-0.4, -0.2) is 24.9 Å². The molecule has 0 aliphatic heterocycles. The Hall–Kier alpha value is -2.61. The van der Waals surface area contributed by atoms with E-state index in [1.165, 1.54) is 16.8 Å². The van der Waals surface area contributed by atoms with Crippen molar-refractivity contribution in [1.82, 2.24) is 19.7 Å². The molecule has 2 aromatic heterocycles. The first-order chi connectivity index (χ1) is 11.7. The number of rotatable bonds is 4. The molecule has 0 saturated heterocycles. The average molecular weight is 348 g/mol. The Balaban J connectivity index is 2.11. The molecule has 6 nitrogen and oxygen atoms in total. The minimum Gasteiger partial charge on any atom is -0.390 e. The van der Waals surface area contributed by atoms with Gasteiger partial charge in [-0.3, -0.25) is 4.79 Å². The van der Waals surface area contributed by atoms with Crippen molar-refractivity contribution in [3.8, 4) is 0 Å². The number of nitrogens with zero attached hydrogens (tertiary/aromatic N) is 3. The molecule has 0 spiro atoms. The maximum Gasteiger partial charge on any atom is 0.270 e. The maximum atomic E-state index is 13.4. The first-order valence-corrected chi connectivity index (χ1v) is 7.79. The number of aliphatic hydroxyl groups is 1. The van der Waals surface area contributed by atoms with Crippen molar-refractivity contribution in [3.05, 3.63) is 57.3 Å². The molecule has 3 aromatic rings. The van der Waals surface area contributed by atoms with Crippen LogP contribution in [0.15, 0.2) is 29.1 Å². The number of hydrogen-bond donors (Lipinski definition) is 2. The van der Waals surface area contributed by atoms with Crippen molar-refractivity contribution in [2.45, 2.75) is 39.3 Å². The largest absolute Gasteiger partial charge is 0.390 e. The van der Waals surface area contributed by atoms with Crippen molar-refractivity contribution in [2.75, 3.05) is 0 Å². The lowest BCUT2D eigenvalue weighted by Crippen LogP contribution is -2.14. The molecule has 0 aliphatic carbocycles. The average Bonchev–Trinajstić information content (AvgIpc) is 2.92. The number of benzene rings is 1. The lowest BCUT2D eigenvalue weighted by atomic mass is 10.0. The van der Waals surface area contributed by atoms with Gasteiger partial charge in [-0.25, -0.2) is 18.4 Å². The standard InChI is InChI=1S/C17H18F2N4O2/c1-9(11-4-6-12(7-5-11)17(3,18)19)23-15-14(13(8-24)22-23)16(25)21-10(2)20-15/h4-7,9,24H,8H2,1-3H3,(H,20,21,25)/t9-/m0/s1. The van der Waals surface area contributed by atoms with Gasteiger partial charge in [0.1, 0.15) is 16.9 Å². The number of aryl methyl sites for hydroxylation is 1. The summed E-state index contributed by atoms with van der Waals surface area (Å²) in [5, 5.41) is 14.0. The van der Waals surface area contributed by atoms with Crippen LogP contribution in [-0.2, 0) is 12.5 Å². The van der Waals surface area contributed by atoms with E-state index in [0.717, 1.165) is 12.5 Å². The molecule has 25 heavy (non-hydrogen) atoms. The lowest BCUT2D eigenvalue weighted by Gasteiger charge is -2.16. The number of aliphatic hydroxyl groups excluding tert-OH is 1. The highest BCUT2D eigenvalue weighted by Crippen LogP contribution is 2.29. The topological polar surface area (TPSA) is 83.8 Å². The molecule has 1 atom stereocenters. The smallest absolute Gasteiger partial charge is 0.270 e. The third kappa shape index (κ3) is 3.05. The molecule has 0 saturated carbocycles. The Morgan fingerprint density at radius 2 is 1.96 bits per heavy atom. The summed E-state index contributed by atoms with van der Waals surface area (Å²) >= 11 is 0. The van der Waals surface area contributed by atoms with E-state index in [2.05, 4.69) is 15.1 Å². The number of fused-ring (bicyclic) bond motifs is 1. The summed E-state index contributed by atoms with van der Waals surface area (Å²) in [5.41, 5.74) is 0.873. The molecule has 0 unspecified atom stereocenters. The molecule has 1 aromatic carbocycles. The van der Waals surface area contributed by atoms with Crippen LogP contribution in [0.25, 0.3) is 11.0 Å². The number of alkyl halides is 2. The highest BCUT2D eigenvalue weighted by atomic mass is 19.3. The summed E-state index contributed by atoms with van der Waals surface area (Å²) in [6.07, 6.45) is 0. The van der Waals surface area contributed by atoms with Gasteiger partial charge in [0.2, 0.25) is 0 Å². The van der Waals surface area contributed by atoms with Gasteiger partial charge >= 0.3 is 0 Å². The van der Waals surface area contributed by atoms with Crippen molar-refractivity contribution in [2.24, 2.45) is 0 Å². The van der Waals surface area contributed by atoms with Gasteiger partial charge in [-0.2, -0.15) is 5.10 Å². The number of halogens is 2. The second kappa shape index (κ2) is 6.03.